The van der Waals surface area contributed by atoms with Crippen LogP contribution in [0.2, 0.25) is 5.02 Å². The van der Waals surface area contributed by atoms with E-state index in [0.717, 1.165) is 11.1 Å². The van der Waals surface area contributed by atoms with Crippen LogP contribution in [0.15, 0.2) is 54.6 Å². The molecule has 144 valence electrons. The third-order valence-electron chi connectivity index (χ3n) is 4.35. The van der Waals surface area contributed by atoms with E-state index in [9.17, 15) is 9.59 Å². The van der Waals surface area contributed by atoms with E-state index in [1.165, 1.54) is 0 Å². The Morgan fingerprint density at radius 2 is 1.63 bits per heavy atom. The van der Waals surface area contributed by atoms with Gasteiger partial charge in [-0.15, -0.1) is 0 Å². The number of nitrogens with zero attached hydrogens (tertiary/aromatic N) is 1. The summed E-state index contributed by atoms with van der Waals surface area (Å²) in [6.45, 7) is 6.70. The highest BCUT2D eigenvalue weighted by molar-refractivity contribution is 6.31. The van der Waals surface area contributed by atoms with Crippen LogP contribution in [0.25, 0.3) is 0 Å². The molecule has 0 fully saturated rings. The van der Waals surface area contributed by atoms with Crippen molar-refractivity contribution in [2.45, 2.75) is 39.8 Å². The molecule has 2 aromatic rings. The number of carbonyl (C=O) groups excluding carboxylic acids is 2. The van der Waals surface area contributed by atoms with Crippen molar-refractivity contribution in [2.75, 3.05) is 6.54 Å². The Morgan fingerprint density at radius 1 is 1.00 bits per heavy atom. The molecule has 1 N–H and O–H groups in total. The number of carbonyl (C=O) groups is 2. The maximum atomic E-state index is 13.0. The number of hydrogen-bond donors (Lipinski definition) is 1. The fraction of sp³-hybridized carbons (Fsp3) is 0.364. The fourth-order valence-electron chi connectivity index (χ4n) is 2.72. The van der Waals surface area contributed by atoms with Crippen LogP contribution in [-0.4, -0.2) is 29.3 Å². The third kappa shape index (κ3) is 6.40. The van der Waals surface area contributed by atoms with E-state index in [1.54, 1.807) is 17.9 Å². The lowest BCUT2D eigenvalue weighted by molar-refractivity contribution is -0.140. The molecule has 0 unspecified atom stereocenters. The van der Waals surface area contributed by atoms with Crippen molar-refractivity contribution in [3.8, 4) is 0 Å². The van der Waals surface area contributed by atoms with E-state index in [-0.39, 0.29) is 18.2 Å². The van der Waals surface area contributed by atoms with Crippen LogP contribution in [0.3, 0.4) is 0 Å². The molecule has 1 atom stereocenters. The van der Waals surface area contributed by atoms with Gasteiger partial charge >= 0.3 is 0 Å². The zero-order valence-electron chi connectivity index (χ0n) is 16.1. The van der Waals surface area contributed by atoms with Crippen molar-refractivity contribution >= 4 is 23.4 Å². The minimum absolute atomic E-state index is 0.103. The van der Waals surface area contributed by atoms with Crippen LogP contribution in [0.5, 0.6) is 0 Å². The van der Waals surface area contributed by atoms with Gasteiger partial charge in [-0.05, 0) is 30.0 Å². The summed E-state index contributed by atoms with van der Waals surface area (Å²) in [5.74, 6) is 0.0867. The van der Waals surface area contributed by atoms with Crippen molar-refractivity contribution in [3.63, 3.8) is 0 Å². The highest BCUT2D eigenvalue weighted by atomic mass is 35.5. The van der Waals surface area contributed by atoms with Crippen LogP contribution in [-0.2, 0) is 22.6 Å². The lowest BCUT2D eigenvalue weighted by atomic mass is 10.1. The van der Waals surface area contributed by atoms with E-state index in [0.29, 0.717) is 24.0 Å². The predicted molar refractivity (Wildman–Crippen MR) is 109 cm³/mol. The molecule has 2 rings (SSSR count). The molecule has 4 nitrogen and oxygen atoms in total. The molecule has 0 spiro atoms. The number of rotatable bonds is 8. The Balaban J connectivity index is 2.20. The average molecular weight is 387 g/mol. The number of hydrogen-bond acceptors (Lipinski definition) is 2. The van der Waals surface area contributed by atoms with Gasteiger partial charge < -0.3 is 10.2 Å². The van der Waals surface area contributed by atoms with Crippen molar-refractivity contribution in [1.29, 1.82) is 0 Å². The predicted octanol–water partition coefficient (Wildman–Crippen LogP) is 4.07. The van der Waals surface area contributed by atoms with E-state index in [4.69, 9.17) is 11.6 Å². The minimum atomic E-state index is -0.587. The van der Waals surface area contributed by atoms with Crippen LogP contribution in [0.1, 0.15) is 31.9 Å². The summed E-state index contributed by atoms with van der Waals surface area (Å²) >= 11 is 6.28. The van der Waals surface area contributed by atoms with Gasteiger partial charge in [0, 0.05) is 18.1 Å². The zero-order valence-corrected chi connectivity index (χ0v) is 16.9. The van der Waals surface area contributed by atoms with Gasteiger partial charge in [-0.25, -0.2) is 0 Å². The van der Waals surface area contributed by atoms with Crippen LogP contribution < -0.4 is 5.32 Å². The van der Waals surface area contributed by atoms with Crippen LogP contribution in [0.4, 0.5) is 0 Å². The first-order valence-corrected chi connectivity index (χ1v) is 9.60. The number of amides is 2. The fourth-order valence-corrected chi connectivity index (χ4v) is 2.91. The van der Waals surface area contributed by atoms with Gasteiger partial charge in [0.1, 0.15) is 6.04 Å². The second-order valence-corrected chi connectivity index (χ2v) is 7.50. The summed E-state index contributed by atoms with van der Waals surface area (Å²) in [6.07, 6.45) is 0.243. The average Bonchev–Trinajstić information content (AvgIpc) is 2.65. The number of nitrogens with one attached hydrogen (secondary N) is 1. The van der Waals surface area contributed by atoms with Gasteiger partial charge in [-0.3, -0.25) is 9.59 Å². The molecule has 0 aliphatic heterocycles. The van der Waals surface area contributed by atoms with Crippen LogP contribution >= 0.6 is 11.6 Å². The molecular formula is C22H27ClN2O2. The molecule has 0 bridgehead atoms. The topological polar surface area (TPSA) is 49.4 Å². The Morgan fingerprint density at radius 3 is 2.26 bits per heavy atom. The normalized spacial score (nSPS) is 11.9. The maximum Gasteiger partial charge on any atom is 0.242 e. The third-order valence-corrected chi connectivity index (χ3v) is 4.72. The first-order chi connectivity index (χ1) is 12.9. The summed E-state index contributed by atoms with van der Waals surface area (Å²) in [5.41, 5.74) is 1.74. The molecule has 2 aromatic carbocycles. The molecule has 0 aromatic heterocycles. The SMILES string of the molecule is CC(C)CNC(=O)[C@@H](C)N(Cc1ccccc1Cl)C(=O)Cc1ccccc1. The molecule has 5 heteroatoms. The van der Waals surface area contributed by atoms with Gasteiger partial charge in [0.15, 0.2) is 0 Å². The summed E-state index contributed by atoms with van der Waals surface area (Å²) in [6, 6.07) is 16.4. The molecule has 0 saturated heterocycles. The summed E-state index contributed by atoms with van der Waals surface area (Å²) in [4.78, 5) is 27.2. The van der Waals surface area contributed by atoms with Gasteiger partial charge in [0.2, 0.25) is 11.8 Å². The van der Waals surface area contributed by atoms with Crippen molar-refractivity contribution < 1.29 is 9.59 Å². The van der Waals surface area contributed by atoms with E-state index < -0.39 is 6.04 Å². The molecule has 0 radical (unpaired) electrons. The number of benzene rings is 2. The van der Waals surface area contributed by atoms with E-state index in [2.05, 4.69) is 5.32 Å². The summed E-state index contributed by atoms with van der Waals surface area (Å²) in [5, 5.41) is 3.50. The van der Waals surface area contributed by atoms with Gasteiger partial charge in [-0.1, -0.05) is 74.0 Å². The molecular weight excluding hydrogens is 360 g/mol. The quantitative estimate of drug-likeness (QED) is 0.743. The molecule has 0 aliphatic carbocycles. The zero-order chi connectivity index (χ0) is 19.8. The Bertz CT molecular complexity index is 762. The lowest BCUT2D eigenvalue weighted by Crippen LogP contribution is -2.48. The molecule has 0 aliphatic rings. The molecule has 2 amide bonds. The van der Waals surface area contributed by atoms with Gasteiger partial charge in [0.25, 0.3) is 0 Å². The Labute approximate surface area is 166 Å². The van der Waals surface area contributed by atoms with Crippen LogP contribution in [0, 0.1) is 5.92 Å². The smallest absolute Gasteiger partial charge is 0.242 e. The molecule has 27 heavy (non-hydrogen) atoms. The number of halogens is 1. The van der Waals surface area contributed by atoms with E-state index in [1.807, 2.05) is 62.4 Å². The van der Waals surface area contributed by atoms with Crippen molar-refractivity contribution in [2.24, 2.45) is 5.92 Å². The van der Waals surface area contributed by atoms with Gasteiger partial charge in [-0.2, -0.15) is 0 Å². The summed E-state index contributed by atoms with van der Waals surface area (Å²) < 4.78 is 0. The molecule has 0 heterocycles. The highest BCUT2D eigenvalue weighted by Crippen LogP contribution is 2.19. The largest absolute Gasteiger partial charge is 0.354 e. The Hall–Kier alpha value is -2.33. The second-order valence-electron chi connectivity index (χ2n) is 7.09. The Kier molecular flexibility index (Phi) is 7.86. The standard InChI is InChI=1S/C22H27ClN2O2/c1-16(2)14-24-22(27)17(3)25(15-19-11-7-8-12-20(19)23)21(26)13-18-9-5-4-6-10-18/h4-12,16-17H,13-15H2,1-3H3,(H,24,27)/t17-/m1/s1. The minimum Gasteiger partial charge on any atom is -0.354 e. The van der Waals surface area contributed by atoms with E-state index >= 15 is 0 Å². The highest BCUT2D eigenvalue weighted by Gasteiger charge is 2.26. The monoisotopic (exact) mass is 386 g/mol. The second kappa shape index (κ2) is 10.1. The lowest BCUT2D eigenvalue weighted by Gasteiger charge is -2.29. The molecule has 0 saturated carbocycles. The van der Waals surface area contributed by atoms with Crippen molar-refractivity contribution in [3.05, 3.63) is 70.7 Å². The first kappa shape index (κ1) is 21.0. The van der Waals surface area contributed by atoms with Crippen molar-refractivity contribution in [1.82, 2.24) is 10.2 Å². The summed E-state index contributed by atoms with van der Waals surface area (Å²) in [7, 11) is 0. The van der Waals surface area contributed by atoms with Gasteiger partial charge in [0.05, 0.1) is 6.42 Å². The first-order valence-electron chi connectivity index (χ1n) is 9.23. The maximum absolute atomic E-state index is 13.0.